The van der Waals surface area contributed by atoms with Crippen LogP contribution in [0.4, 0.5) is 0 Å². The minimum atomic E-state index is -3.46. The Balaban J connectivity index is 2.92. The van der Waals surface area contributed by atoms with Crippen LogP contribution in [-0.2, 0) is 22.8 Å². The van der Waals surface area contributed by atoms with Gasteiger partial charge in [-0.15, -0.1) is 0 Å². The second-order valence-corrected chi connectivity index (χ2v) is 4.32. The summed E-state index contributed by atoms with van der Waals surface area (Å²) in [6.07, 6.45) is 0. The third-order valence-corrected chi connectivity index (χ3v) is 2.21. The molecule has 0 saturated carbocycles. The molecule has 0 amide bonds. The number of hydrogen-bond acceptors (Lipinski definition) is 3. The molecule has 68 valence electrons. The summed E-state index contributed by atoms with van der Waals surface area (Å²) in [7, 11) is -1.70. The van der Waals surface area contributed by atoms with E-state index in [2.05, 4.69) is 5.10 Å². The van der Waals surface area contributed by atoms with E-state index < -0.39 is 10.0 Å². The third kappa shape index (κ3) is 2.31. The monoisotopic (exact) mass is 189 g/mol. The number of aryl methyl sites for hydroxylation is 2. The molecule has 0 aliphatic rings. The maximum Gasteiger partial charge on any atom is 0.214 e. The topological polar surface area (TPSA) is 78.0 Å². The highest BCUT2D eigenvalue weighted by molar-refractivity contribution is 7.88. The Hall–Kier alpha value is -0.880. The molecular formula is C6H11N3O2S. The summed E-state index contributed by atoms with van der Waals surface area (Å²) in [5, 5.41) is 8.80. The van der Waals surface area contributed by atoms with Crippen LogP contribution in [0.1, 0.15) is 11.4 Å². The van der Waals surface area contributed by atoms with E-state index in [1.54, 1.807) is 17.8 Å². The van der Waals surface area contributed by atoms with E-state index in [1.807, 2.05) is 6.92 Å². The number of aromatic nitrogens is 2. The van der Waals surface area contributed by atoms with Crippen molar-refractivity contribution in [1.82, 2.24) is 9.78 Å². The lowest BCUT2D eigenvalue weighted by molar-refractivity contribution is 0.595. The van der Waals surface area contributed by atoms with Crippen molar-refractivity contribution in [3.8, 4) is 0 Å². The quantitative estimate of drug-likeness (QED) is 0.682. The smallest absolute Gasteiger partial charge is 0.214 e. The van der Waals surface area contributed by atoms with E-state index in [0.29, 0.717) is 5.69 Å². The van der Waals surface area contributed by atoms with Gasteiger partial charge in [-0.3, -0.25) is 4.68 Å². The zero-order chi connectivity index (χ0) is 9.35. The van der Waals surface area contributed by atoms with Crippen LogP contribution >= 0.6 is 0 Å². The molecule has 0 aromatic carbocycles. The van der Waals surface area contributed by atoms with Crippen LogP contribution < -0.4 is 5.14 Å². The van der Waals surface area contributed by atoms with Gasteiger partial charge in [-0.1, -0.05) is 0 Å². The summed E-state index contributed by atoms with van der Waals surface area (Å²) >= 11 is 0. The first-order valence-corrected chi connectivity index (χ1v) is 5.10. The fraction of sp³-hybridized carbons (Fsp3) is 0.500. The summed E-state index contributed by atoms with van der Waals surface area (Å²) in [6, 6.07) is 1.70. The maximum atomic E-state index is 10.6. The van der Waals surface area contributed by atoms with Crippen molar-refractivity contribution in [2.24, 2.45) is 12.2 Å². The predicted octanol–water partition coefficient (Wildman–Crippen LogP) is -0.483. The Kier molecular flexibility index (Phi) is 2.20. The van der Waals surface area contributed by atoms with E-state index >= 15 is 0 Å². The van der Waals surface area contributed by atoms with Crippen molar-refractivity contribution in [1.29, 1.82) is 0 Å². The molecule has 0 spiro atoms. The lowest BCUT2D eigenvalue weighted by Crippen LogP contribution is -2.14. The molecule has 5 nitrogen and oxygen atoms in total. The zero-order valence-corrected chi connectivity index (χ0v) is 7.80. The van der Waals surface area contributed by atoms with Crippen molar-refractivity contribution in [3.05, 3.63) is 17.5 Å². The van der Waals surface area contributed by atoms with Crippen LogP contribution in [0.25, 0.3) is 0 Å². The molecule has 12 heavy (non-hydrogen) atoms. The molecule has 1 aromatic heterocycles. The number of hydrogen-bond donors (Lipinski definition) is 1. The Labute approximate surface area is 71.2 Å². The predicted molar refractivity (Wildman–Crippen MR) is 44.8 cm³/mol. The van der Waals surface area contributed by atoms with Crippen molar-refractivity contribution in [2.75, 3.05) is 0 Å². The molecule has 0 aliphatic carbocycles. The molecule has 0 bridgehead atoms. The molecule has 6 heteroatoms. The van der Waals surface area contributed by atoms with E-state index in [1.165, 1.54) is 0 Å². The van der Waals surface area contributed by atoms with E-state index in [4.69, 9.17) is 5.14 Å². The largest absolute Gasteiger partial charge is 0.273 e. The van der Waals surface area contributed by atoms with Crippen LogP contribution in [0.2, 0.25) is 0 Å². The molecule has 0 atom stereocenters. The van der Waals surface area contributed by atoms with Crippen LogP contribution in [0.15, 0.2) is 6.07 Å². The average Bonchev–Trinajstić information content (AvgIpc) is 2.07. The van der Waals surface area contributed by atoms with Gasteiger partial charge in [-0.2, -0.15) is 5.10 Å². The molecule has 1 heterocycles. The summed E-state index contributed by atoms with van der Waals surface area (Å²) in [5.41, 5.74) is 1.39. The SMILES string of the molecule is Cc1cc(CS(N)(=O)=O)nn1C. The lowest BCUT2D eigenvalue weighted by Gasteiger charge is -1.91. The third-order valence-electron chi connectivity index (χ3n) is 1.51. The van der Waals surface area contributed by atoms with Gasteiger partial charge in [-0.25, -0.2) is 13.6 Å². The first-order chi connectivity index (χ1) is 5.38. The van der Waals surface area contributed by atoms with Crippen molar-refractivity contribution < 1.29 is 8.42 Å². The highest BCUT2D eigenvalue weighted by Crippen LogP contribution is 2.03. The molecule has 0 aliphatic heterocycles. The molecule has 0 radical (unpaired) electrons. The fourth-order valence-electron chi connectivity index (χ4n) is 0.912. The van der Waals surface area contributed by atoms with Crippen molar-refractivity contribution in [2.45, 2.75) is 12.7 Å². The van der Waals surface area contributed by atoms with Gasteiger partial charge < -0.3 is 0 Å². The number of rotatable bonds is 2. The Morgan fingerprint density at radius 2 is 2.25 bits per heavy atom. The first kappa shape index (κ1) is 9.21. The summed E-state index contributed by atoms with van der Waals surface area (Å²) < 4.78 is 22.9. The zero-order valence-electron chi connectivity index (χ0n) is 6.98. The molecule has 0 saturated heterocycles. The highest BCUT2D eigenvalue weighted by atomic mass is 32.2. The minimum absolute atomic E-state index is 0.200. The molecule has 1 rings (SSSR count). The highest BCUT2D eigenvalue weighted by Gasteiger charge is 2.08. The van der Waals surface area contributed by atoms with Crippen molar-refractivity contribution in [3.63, 3.8) is 0 Å². The number of nitrogens with two attached hydrogens (primary N) is 1. The second kappa shape index (κ2) is 2.87. The molecule has 0 unspecified atom stereocenters. The van der Waals surface area contributed by atoms with Crippen LogP contribution in [0.5, 0.6) is 0 Å². The van der Waals surface area contributed by atoms with Gasteiger partial charge >= 0.3 is 0 Å². The summed E-state index contributed by atoms with van der Waals surface area (Å²) in [4.78, 5) is 0. The number of nitrogens with zero attached hydrogens (tertiary/aromatic N) is 2. The maximum absolute atomic E-state index is 10.6. The van der Waals surface area contributed by atoms with Gasteiger partial charge in [-0.05, 0) is 13.0 Å². The van der Waals surface area contributed by atoms with Crippen LogP contribution in [0, 0.1) is 6.92 Å². The standard InChI is InChI=1S/C6H11N3O2S/c1-5-3-6(8-9(5)2)4-12(7,10)11/h3H,4H2,1-2H3,(H2,7,10,11). The second-order valence-electron chi connectivity index (χ2n) is 2.71. The van der Waals surface area contributed by atoms with Gasteiger partial charge in [0.2, 0.25) is 10.0 Å². The number of primary sulfonamides is 1. The Morgan fingerprint density at radius 1 is 1.67 bits per heavy atom. The summed E-state index contributed by atoms with van der Waals surface area (Å²) in [6.45, 7) is 1.85. The minimum Gasteiger partial charge on any atom is -0.273 e. The Morgan fingerprint density at radius 3 is 2.58 bits per heavy atom. The van der Waals surface area contributed by atoms with Crippen LogP contribution in [-0.4, -0.2) is 18.2 Å². The van der Waals surface area contributed by atoms with Gasteiger partial charge in [0.05, 0.1) is 5.69 Å². The van der Waals surface area contributed by atoms with Gasteiger partial charge in [0, 0.05) is 12.7 Å². The van der Waals surface area contributed by atoms with Gasteiger partial charge in [0.25, 0.3) is 0 Å². The lowest BCUT2D eigenvalue weighted by atomic mass is 10.4. The van der Waals surface area contributed by atoms with Crippen LogP contribution in [0.3, 0.4) is 0 Å². The van der Waals surface area contributed by atoms with Gasteiger partial charge in [0.15, 0.2) is 0 Å². The molecule has 1 aromatic rings. The normalized spacial score (nSPS) is 11.9. The molecule has 0 fully saturated rings. The first-order valence-electron chi connectivity index (χ1n) is 3.38. The molecular weight excluding hydrogens is 178 g/mol. The Bertz CT molecular complexity index is 360. The van der Waals surface area contributed by atoms with Crippen molar-refractivity contribution >= 4 is 10.0 Å². The van der Waals surface area contributed by atoms with E-state index in [9.17, 15) is 8.42 Å². The fourth-order valence-corrected chi connectivity index (χ4v) is 1.46. The average molecular weight is 189 g/mol. The van der Waals surface area contributed by atoms with E-state index in [-0.39, 0.29) is 5.75 Å². The number of sulfonamides is 1. The molecule has 2 N–H and O–H groups in total. The van der Waals surface area contributed by atoms with E-state index in [0.717, 1.165) is 5.69 Å². The van der Waals surface area contributed by atoms with Gasteiger partial charge in [0.1, 0.15) is 5.75 Å². The summed E-state index contributed by atoms with van der Waals surface area (Å²) in [5.74, 6) is -0.200.